The van der Waals surface area contributed by atoms with Crippen LogP contribution in [-0.2, 0) is 42.8 Å². The lowest BCUT2D eigenvalue weighted by molar-refractivity contribution is -0.300. The standard InChI is InChI=1S/C31H50O12/c1-19(2)10-8-11-20(3)12-9-13-21(4)14-15-38-18-27(40-22(5)33)29(41-23(6)34)26(16-32)43-31-30(42-24(7)35)28(37)25(36)17-39-31/h10,12,14,25-32,36-37H,8-9,11,13,15-18H2,1-7H3/b20-12+,21-14+/t25-,26-,27-,28-,29-,30+,31+/m1/s1. The molecule has 1 aliphatic heterocycles. The SMILES string of the molecule is CC(=O)O[C@@H]([C@@H](COC/C=C(\C)CC/C=C(\C)CCC=C(C)C)OC(C)=O)[C@@H](CO)O[C@@H]1OC[C@@H](O)[C@@H](O)[C@@H]1OC(C)=O. The molecule has 1 saturated heterocycles. The Labute approximate surface area is 254 Å². The zero-order chi connectivity index (χ0) is 32.5. The number of ether oxygens (including phenoxy) is 6. The van der Waals surface area contributed by atoms with Gasteiger partial charge in [-0.1, -0.05) is 34.9 Å². The van der Waals surface area contributed by atoms with Crippen LogP contribution in [0.5, 0.6) is 0 Å². The lowest BCUT2D eigenvalue weighted by atomic mass is 10.0. The van der Waals surface area contributed by atoms with E-state index in [-0.39, 0.29) is 19.8 Å². The van der Waals surface area contributed by atoms with Crippen LogP contribution < -0.4 is 0 Å². The fourth-order valence-corrected chi connectivity index (χ4v) is 4.31. The van der Waals surface area contributed by atoms with Crippen molar-refractivity contribution in [2.24, 2.45) is 0 Å². The number of carbonyl (C=O) groups is 3. The molecule has 0 unspecified atom stereocenters. The molecule has 0 aromatic rings. The normalized spacial score (nSPS) is 23.1. The second kappa shape index (κ2) is 20.4. The number of hydrogen-bond acceptors (Lipinski definition) is 12. The first-order valence-electron chi connectivity index (χ1n) is 14.5. The van der Waals surface area contributed by atoms with Crippen LogP contribution in [0.2, 0.25) is 0 Å². The van der Waals surface area contributed by atoms with Gasteiger partial charge in [-0.2, -0.15) is 0 Å². The quantitative estimate of drug-likeness (QED) is 0.0895. The Hall–Kier alpha value is -2.61. The minimum absolute atomic E-state index is 0.189. The summed E-state index contributed by atoms with van der Waals surface area (Å²) >= 11 is 0. The Balaban J connectivity index is 2.91. The van der Waals surface area contributed by atoms with Crippen molar-refractivity contribution in [3.63, 3.8) is 0 Å². The summed E-state index contributed by atoms with van der Waals surface area (Å²) < 4.78 is 32.8. The number of allylic oxidation sites excluding steroid dienone is 5. The van der Waals surface area contributed by atoms with Gasteiger partial charge in [-0.15, -0.1) is 0 Å². The van der Waals surface area contributed by atoms with Crippen LogP contribution in [0, 0.1) is 0 Å². The van der Waals surface area contributed by atoms with Crippen LogP contribution >= 0.6 is 0 Å². The Kier molecular flexibility index (Phi) is 18.2. The number of aliphatic hydroxyl groups excluding tert-OH is 3. The predicted octanol–water partition coefficient (Wildman–Crippen LogP) is 2.67. The largest absolute Gasteiger partial charge is 0.456 e. The summed E-state index contributed by atoms with van der Waals surface area (Å²) in [6.07, 6.45) is 0.471. The van der Waals surface area contributed by atoms with Crippen molar-refractivity contribution in [1.29, 1.82) is 0 Å². The average molecular weight is 615 g/mol. The van der Waals surface area contributed by atoms with Gasteiger partial charge >= 0.3 is 17.9 Å². The molecule has 12 nitrogen and oxygen atoms in total. The summed E-state index contributed by atoms with van der Waals surface area (Å²) in [7, 11) is 0. The molecule has 0 aromatic carbocycles. The van der Waals surface area contributed by atoms with Gasteiger partial charge in [0.15, 0.2) is 24.6 Å². The summed E-state index contributed by atoms with van der Waals surface area (Å²) in [5, 5.41) is 30.4. The predicted molar refractivity (Wildman–Crippen MR) is 157 cm³/mol. The number of carbonyl (C=O) groups excluding carboxylic acids is 3. The van der Waals surface area contributed by atoms with Crippen molar-refractivity contribution < 1.29 is 58.1 Å². The summed E-state index contributed by atoms with van der Waals surface area (Å²) in [5.74, 6) is -2.21. The Bertz CT molecular complexity index is 968. The number of aliphatic hydroxyl groups is 3. The van der Waals surface area contributed by atoms with Crippen molar-refractivity contribution in [3.05, 3.63) is 34.9 Å². The van der Waals surface area contributed by atoms with Gasteiger partial charge in [0.25, 0.3) is 0 Å². The van der Waals surface area contributed by atoms with Crippen LogP contribution in [0.25, 0.3) is 0 Å². The van der Waals surface area contributed by atoms with Crippen molar-refractivity contribution in [1.82, 2.24) is 0 Å². The van der Waals surface area contributed by atoms with Gasteiger partial charge in [-0.25, -0.2) is 0 Å². The van der Waals surface area contributed by atoms with Gasteiger partial charge in [0.2, 0.25) is 0 Å². The zero-order valence-electron chi connectivity index (χ0n) is 26.4. The molecule has 1 heterocycles. The van der Waals surface area contributed by atoms with Crippen LogP contribution in [0.3, 0.4) is 0 Å². The first-order valence-corrected chi connectivity index (χ1v) is 14.5. The Morgan fingerprint density at radius 3 is 2.00 bits per heavy atom. The van der Waals surface area contributed by atoms with Gasteiger partial charge in [-0.3, -0.25) is 14.4 Å². The van der Waals surface area contributed by atoms with Gasteiger partial charge in [0, 0.05) is 20.8 Å². The van der Waals surface area contributed by atoms with E-state index in [9.17, 15) is 29.7 Å². The maximum Gasteiger partial charge on any atom is 0.303 e. The third kappa shape index (κ3) is 15.6. The van der Waals surface area contributed by atoms with Crippen molar-refractivity contribution in [2.45, 2.75) is 117 Å². The molecule has 1 fully saturated rings. The topological polar surface area (TPSA) is 167 Å². The number of hydrogen-bond donors (Lipinski definition) is 3. The van der Waals surface area contributed by atoms with Crippen LogP contribution in [0.1, 0.15) is 74.1 Å². The number of rotatable bonds is 18. The molecule has 3 N–H and O–H groups in total. The highest BCUT2D eigenvalue weighted by Gasteiger charge is 2.45. The molecule has 12 heteroatoms. The fraction of sp³-hybridized carbons (Fsp3) is 0.710. The molecule has 0 radical (unpaired) electrons. The number of esters is 3. The second-order valence-electron chi connectivity index (χ2n) is 10.9. The molecule has 7 atom stereocenters. The fourth-order valence-electron chi connectivity index (χ4n) is 4.31. The molecule has 43 heavy (non-hydrogen) atoms. The monoisotopic (exact) mass is 614 g/mol. The van der Waals surface area contributed by atoms with Crippen molar-refractivity contribution in [2.75, 3.05) is 26.4 Å². The minimum atomic E-state index is -1.54. The van der Waals surface area contributed by atoms with E-state index < -0.39 is 67.4 Å². The van der Waals surface area contributed by atoms with E-state index in [0.717, 1.165) is 45.1 Å². The molecule has 0 aliphatic carbocycles. The maximum atomic E-state index is 12.0. The molecule has 0 spiro atoms. The van der Waals surface area contributed by atoms with Gasteiger partial charge in [0.1, 0.15) is 18.3 Å². The highest BCUT2D eigenvalue weighted by molar-refractivity contribution is 5.67. The summed E-state index contributed by atoms with van der Waals surface area (Å²) in [5.41, 5.74) is 3.76. The molecule has 0 saturated carbocycles. The molecule has 0 amide bonds. The minimum Gasteiger partial charge on any atom is -0.456 e. The first kappa shape index (κ1) is 38.4. The second-order valence-corrected chi connectivity index (χ2v) is 10.9. The van der Waals surface area contributed by atoms with Crippen LogP contribution in [-0.4, -0.2) is 103 Å². The average Bonchev–Trinajstić information content (AvgIpc) is 2.90. The van der Waals surface area contributed by atoms with E-state index in [2.05, 4.69) is 32.9 Å². The Morgan fingerprint density at radius 2 is 1.44 bits per heavy atom. The molecule has 1 rings (SSSR count). The van der Waals surface area contributed by atoms with Gasteiger partial charge < -0.3 is 43.7 Å². The molecule has 0 aromatic heterocycles. The lowest BCUT2D eigenvalue weighted by Crippen LogP contribution is -2.58. The Morgan fingerprint density at radius 1 is 0.837 bits per heavy atom. The smallest absolute Gasteiger partial charge is 0.303 e. The zero-order valence-corrected chi connectivity index (χ0v) is 26.4. The highest BCUT2D eigenvalue weighted by Crippen LogP contribution is 2.24. The highest BCUT2D eigenvalue weighted by atomic mass is 16.7. The first-order chi connectivity index (χ1) is 20.2. The summed E-state index contributed by atoms with van der Waals surface area (Å²) in [6.45, 7) is 10.6. The van der Waals surface area contributed by atoms with E-state index in [1.54, 1.807) is 0 Å². The maximum absolute atomic E-state index is 12.0. The molecule has 0 bridgehead atoms. The van der Waals surface area contributed by atoms with Gasteiger partial charge in [-0.05, 0) is 53.4 Å². The van der Waals surface area contributed by atoms with E-state index in [4.69, 9.17) is 28.4 Å². The van der Waals surface area contributed by atoms with Crippen LogP contribution in [0.4, 0.5) is 0 Å². The van der Waals surface area contributed by atoms with E-state index in [0.29, 0.717) is 0 Å². The summed E-state index contributed by atoms with van der Waals surface area (Å²) in [6, 6.07) is 0. The van der Waals surface area contributed by atoms with Crippen molar-refractivity contribution in [3.8, 4) is 0 Å². The molecular formula is C31H50O12. The van der Waals surface area contributed by atoms with Crippen molar-refractivity contribution >= 4 is 17.9 Å². The van der Waals surface area contributed by atoms with E-state index >= 15 is 0 Å². The van der Waals surface area contributed by atoms with E-state index in [1.165, 1.54) is 18.1 Å². The molecule has 1 aliphatic rings. The van der Waals surface area contributed by atoms with E-state index in [1.807, 2.05) is 13.0 Å². The third-order valence-corrected chi connectivity index (χ3v) is 6.53. The van der Waals surface area contributed by atoms with Crippen LogP contribution in [0.15, 0.2) is 34.9 Å². The van der Waals surface area contributed by atoms with Gasteiger partial charge in [0.05, 0.1) is 26.4 Å². The molecular weight excluding hydrogens is 564 g/mol. The summed E-state index contributed by atoms with van der Waals surface area (Å²) in [4.78, 5) is 35.5. The molecule has 246 valence electrons. The third-order valence-electron chi connectivity index (χ3n) is 6.53. The lowest BCUT2D eigenvalue weighted by Gasteiger charge is -2.40.